The quantitative estimate of drug-likeness (QED) is 0.786. The molecule has 1 aliphatic heterocycles. The minimum atomic E-state index is 0.196. The van der Waals surface area contributed by atoms with Crippen LogP contribution in [0, 0.1) is 0 Å². The van der Waals surface area contributed by atoms with E-state index in [2.05, 4.69) is 48.2 Å². The van der Waals surface area contributed by atoms with Crippen molar-refractivity contribution in [2.75, 3.05) is 52.3 Å². The molecule has 0 unspecified atom stereocenters. The molecule has 5 heteroatoms. The van der Waals surface area contributed by atoms with Gasteiger partial charge in [0.1, 0.15) is 5.75 Å². The highest BCUT2D eigenvalue weighted by Crippen LogP contribution is 2.19. The number of hydrogen-bond acceptors (Lipinski definition) is 4. The monoisotopic (exact) mass is 367 g/mol. The number of carbonyl (C=O) groups excluding carboxylic acids is 1. The average molecular weight is 367 g/mol. The van der Waals surface area contributed by atoms with E-state index in [9.17, 15) is 4.79 Å². The predicted octanol–water partition coefficient (Wildman–Crippen LogP) is 2.65. The van der Waals surface area contributed by atoms with Crippen molar-refractivity contribution in [3.05, 3.63) is 59.7 Å². The van der Waals surface area contributed by atoms with Crippen LogP contribution in [-0.4, -0.2) is 63.1 Å². The largest absolute Gasteiger partial charge is 0.497 e. The summed E-state index contributed by atoms with van der Waals surface area (Å²) in [4.78, 5) is 19.1. The first-order valence-electron chi connectivity index (χ1n) is 9.44. The van der Waals surface area contributed by atoms with Crippen LogP contribution in [0.3, 0.4) is 0 Å². The second kappa shape index (κ2) is 8.91. The molecule has 0 saturated carbocycles. The van der Waals surface area contributed by atoms with E-state index in [1.165, 1.54) is 11.3 Å². The summed E-state index contributed by atoms with van der Waals surface area (Å²) in [6, 6.07) is 16.4. The van der Waals surface area contributed by atoms with Crippen molar-refractivity contribution in [1.29, 1.82) is 0 Å². The summed E-state index contributed by atoms with van der Waals surface area (Å²) in [6.45, 7) is 4.23. The van der Waals surface area contributed by atoms with Crippen molar-refractivity contribution in [3.8, 4) is 5.75 Å². The van der Waals surface area contributed by atoms with Gasteiger partial charge < -0.3 is 19.4 Å². The van der Waals surface area contributed by atoms with Crippen LogP contribution in [0.25, 0.3) is 0 Å². The van der Waals surface area contributed by atoms with Crippen LogP contribution in [0.2, 0.25) is 0 Å². The van der Waals surface area contributed by atoms with E-state index in [0.29, 0.717) is 6.42 Å². The Morgan fingerprint density at radius 3 is 2.33 bits per heavy atom. The number of amides is 1. The van der Waals surface area contributed by atoms with Gasteiger partial charge in [-0.2, -0.15) is 0 Å². The van der Waals surface area contributed by atoms with Crippen molar-refractivity contribution in [2.24, 2.45) is 0 Å². The van der Waals surface area contributed by atoms with E-state index in [4.69, 9.17) is 4.74 Å². The van der Waals surface area contributed by atoms with Crippen molar-refractivity contribution in [1.82, 2.24) is 9.80 Å². The zero-order chi connectivity index (χ0) is 19.2. The standard InChI is InChI=1S/C22H29N3O2/c1-23(2)17-19-5-4-6-20(15-19)24-11-13-25(14-12-24)22(26)16-18-7-9-21(27-3)10-8-18/h4-10,15H,11-14,16-17H2,1-3H3. The Labute approximate surface area is 162 Å². The van der Waals surface area contributed by atoms with Gasteiger partial charge in [0.2, 0.25) is 5.91 Å². The van der Waals surface area contributed by atoms with Crippen LogP contribution in [0.4, 0.5) is 5.69 Å². The lowest BCUT2D eigenvalue weighted by Crippen LogP contribution is -2.49. The van der Waals surface area contributed by atoms with E-state index in [1.807, 2.05) is 29.2 Å². The molecule has 0 radical (unpaired) electrons. The van der Waals surface area contributed by atoms with Crippen molar-refractivity contribution in [3.63, 3.8) is 0 Å². The molecule has 0 N–H and O–H groups in total. The smallest absolute Gasteiger partial charge is 0.227 e. The first-order chi connectivity index (χ1) is 13.0. The molecule has 0 aliphatic carbocycles. The Hall–Kier alpha value is -2.53. The van der Waals surface area contributed by atoms with Crippen molar-refractivity contribution < 1.29 is 9.53 Å². The van der Waals surface area contributed by atoms with Gasteiger partial charge >= 0.3 is 0 Å². The molecule has 3 rings (SSSR count). The Bertz CT molecular complexity index is 750. The number of anilines is 1. The lowest BCUT2D eigenvalue weighted by atomic mass is 10.1. The van der Waals surface area contributed by atoms with E-state index >= 15 is 0 Å². The highest BCUT2D eigenvalue weighted by Gasteiger charge is 2.21. The van der Waals surface area contributed by atoms with Crippen molar-refractivity contribution in [2.45, 2.75) is 13.0 Å². The molecular weight excluding hydrogens is 338 g/mol. The molecule has 1 aliphatic rings. The van der Waals surface area contributed by atoms with Crippen LogP contribution < -0.4 is 9.64 Å². The molecule has 144 valence electrons. The molecule has 27 heavy (non-hydrogen) atoms. The summed E-state index contributed by atoms with van der Waals surface area (Å²) in [5.41, 5.74) is 3.59. The molecule has 2 aromatic carbocycles. The Kier molecular flexibility index (Phi) is 6.35. The number of hydrogen-bond donors (Lipinski definition) is 0. The summed E-state index contributed by atoms with van der Waals surface area (Å²) < 4.78 is 5.17. The van der Waals surface area contributed by atoms with Crippen LogP contribution in [0.5, 0.6) is 5.75 Å². The molecule has 2 aromatic rings. The molecule has 1 amide bonds. The first kappa shape index (κ1) is 19.2. The maximum absolute atomic E-state index is 12.6. The number of rotatable bonds is 6. The third kappa shape index (κ3) is 5.23. The van der Waals surface area contributed by atoms with E-state index in [0.717, 1.165) is 44.0 Å². The molecular formula is C22H29N3O2. The summed E-state index contributed by atoms with van der Waals surface area (Å²) >= 11 is 0. The molecule has 1 heterocycles. The molecule has 5 nitrogen and oxygen atoms in total. The second-order valence-corrected chi connectivity index (χ2v) is 7.30. The van der Waals surface area contributed by atoms with E-state index in [-0.39, 0.29) is 5.91 Å². The number of piperazine rings is 1. The van der Waals surface area contributed by atoms with Gasteiger partial charge in [0.25, 0.3) is 0 Å². The minimum Gasteiger partial charge on any atom is -0.497 e. The van der Waals surface area contributed by atoms with Gasteiger partial charge in [0.05, 0.1) is 13.5 Å². The average Bonchev–Trinajstić information content (AvgIpc) is 2.68. The SMILES string of the molecule is COc1ccc(CC(=O)N2CCN(c3cccc(CN(C)C)c3)CC2)cc1. The lowest BCUT2D eigenvalue weighted by Gasteiger charge is -2.36. The Morgan fingerprint density at radius 2 is 1.70 bits per heavy atom. The Balaban J connectivity index is 1.54. The van der Waals surface area contributed by atoms with Crippen molar-refractivity contribution >= 4 is 11.6 Å². The van der Waals surface area contributed by atoms with Gasteiger partial charge in [0.15, 0.2) is 0 Å². The number of carbonyl (C=O) groups is 1. The van der Waals surface area contributed by atoms with Gasteiger partial charge in [-0.05, 0) is 49.5 Å². The fourth-order valence-electron chi connectivity index (χ4n) is 3.46. The topological polar surface area (TPSA) is 36.0 Å². The third-order valence-corrected chi connectivity index (χ3v) is 4.92. The van der Waals surface area contributed by atoms with Crippen LogP contribution in [0.1, 0.15) is 11.1 Å². The zero-order valence-corrected chi connectivity index (χ0v) is 16.5. The number of ether oxygens (including phenoxy) is 1. The summed E-state index contributed by atoms with van der Waals surface area (Å²) in [5.74, 6) is 1.01. The van der Waals surface area contributed by atoms with Crippen LogP contribution in [-0.2, 0) is 17.8 Å². The maximum Gasteiger partial charge on any atom is 0.227 e. The van der Waals surface area contributed by atoms with E-state index in [1.54, 1.807) is 7.11 Å². The van der Waals surface area contributed by atoms with Gasteiger partial charge in [-0.15, -0.1) is 0 Å². The van der Waals surface area contributed by atoms with Gasteiger partial charge in [-0.1, -0.05) is 24.3 Å². The molecule has 0 atom stereocenters. The van der Waals surface area contributed by atoms with Gasteiger partial charge in [0, 0.05) is 38.4 Å². The zero-order valence-electron chi connectivity index (χ0n) is 16.5. The molecule has 1 saturated heterocycles. The Morgan fingerprint density at radius 1 is 1.00 bits per heavy atom. The first-order valence-corrected chi connectivity index (χ1v) is 9.44. The third-order valence-electron chi connectivity index (χ3n) is 4.92. The summed E-state index contributed by atoms with van der Waals surface area (Å²) in [7, 11) is 5.82. The van der Waals surface area contributed by atoms with Crippen LogP contribution in [0.15, 0.2) is 48.5 Å². The molecule has 0 spiro atoms. The number of nitrogens with zero attached hydrogens (tertiary/aromatic N) is 3. The predicted molar refractivity (Wildman–Crippen MR) is 109 cm³/mol. The van der Waals surface area contributed by atoms with Gasteiger partial charge in [-0.25, -0.2) is 0 Å². The highest BCUT2D eigenvalue weighted by molar-refractivity contribution is 5.79. The summed E-state index contributed by atoms with van der Waals surface area (Å²) in [5, 5.41) is 0. The molecule has 1 fully saturated rings. The number of benzene rings is 2. The fourth-order valence-corrected chi connectivity index (χ4v) is 3.46. The fraction of sp³-hybridized carbons (Fsp3) is 0.409. The second-order valence-electron chi connectivity index (χ2n) is 7.30. The maximum atomic E-state index is 12.6. The molecule has 0 bridgehead atoms. The minimum absolute atomic E-state index is 0.196. The number of methoxy groups -OCH3 is 1. The molecule has 0 aromatic heterocycles. The van der Waals surface area contributed by atoms with Gasteiger partial charge in [-0.3, -0.25) is 4.79 Å². The van der Waals surface area contributed by atoms with Crippen LogP contribution >= 0.6 is 0 Å². The lowest BCUT2D eigenvalue weighted by molar-refractivity contribution is -0.130. The summed E-state index contributed by atoms with van der Waals surface area (Å²) in [6.07, 6.45) is 0.447. The normalized spacial score (nSPS) is 14.5. The van der Waals surface area contributed by atoms with E-state index < -0.39 is 0 Å². The highest BCUT2D eigenvalue weighted by atomic mass is 16.5.